The lowest BCUT2D eigenvalue weighted by atomic mass is 10.1. The fourth-order valence-corrected chi connectivity index (χ4v) is 1.94. The number of aryl methyl sites for hydroxylation is 1. The summed E-state index contributed by atoms with van der Waals surface area (Å²) in [6.45, 7) is 4.58. The van der Waals surface area contributed by atoms with E-state index in [1.54, 1.807) is 6.20 Å². The smallest absolute Gasteiger partial charge is 0.157 e. The average Bonchev–Trinajstić information content (AvgIpc) is 2.78. The van der Waals surface area contributed by atoms with E-state index in [9.17, 15) is 0 Å². The van der Waals surface area contributed by atoms with Crippen molar-refractivity contribution >= 4 is 0 Å². The van der Waals surface area contributed by atoms with Gasteiger partial charge in [0.2, 0.25) is 0 Å². The van der Waals surface area contributed by atoms with Crippen LogP contribution in [0.2, 0.25) is 0 Å². The maximum atomic E-state index is 5.64. The minimum Gasteiger partial charge on any atom is -0.490 e. The predicted molar refractivity (Wildman–Crippen MR) is 61.6 cm³/mol. The van der Waals surface area contributed by atoms with Gasteiger partial charge in [0, 0.05) is 19.6 Å². The van der Waals surface area contributed by atoms with Gasteiger partial charge in [0.1, 0.15) is 0 Å². The molecule has 1 aromatic heterocycles. The van der Waals surface area contributed by atoms with Gasteiger partial charge in [-0.2, -0.15) is 5.10 Å². The van der Waals surface area contributed by atoms with Crippen molar-refractivity contribution in [1.82, 2.24) is 9.78 Å². The topological polar surface area (TPSA) is 36.3 Å². The molecule has 0 spiro atoms. The van der Waals surface area contributed by atoms with E-state index in [0.29, 0.717) is 6.10 Å². The molecule has 4 nitrogen and oxygen atoms in total. The van der Waals surface area contributed by atoms with Gasteiger partial charge in [-0.25, -0.2) is 0 Å². The minimum atomic E-state index is 0.398. The monoisotopic (exact) mass is 224 g/mol. The summed E-state index contributed by atoms with van der Waals surface area (Å²) >= 11 is 0. The van der Waals surface area contributed by atoms with Crippen LogP contribution < -0.4 is 4.74 Å². The first-order valence-electron chi connectivity index (χ1n) is 6.15. The second-order valence-electron chi connectivity index (χ2n) is 4.16. The lowest BCUT2D eigenvalue weighted by molar-refractivity contribution is 0.00404. The van der Waals surface area contributed by atoms with Crippen LogP contribution in [0, 0.1) is 0 Å². The Balaban J connectivity index is 1.66. The normalized spacial score (nSPS) is 20.9. The third-order valence-corrected chi connectivity index (χ3v) is 2.92. The Morgan fingerprint density at radius 1 is 1.56 bits per heavy atom. The highest BCUT2D eigenvalue weighted by Crippen LogP contribution is 2.16. The van der Waals surface area contributed by atoms with Crippen molar-refractivity contribution in [1.29, 1.82) is 0 Å². The van der Waals surface area contributed by atoms with Crippen LogP contribution in [0.5, 0.6) is 5.75 Å². The maximum Gasteiger partial charge on any atom is 0.157 e. The van der Waals surface area contributed by atoms with Gasteiger partial charge in [-0.05, 0) is 26.2 Å². The van der Waals surface area contributed by atoms with E-state index in [1.807, 2.05) is 10.9 Å². The number of rotatable bonds is 5. The molecule has 1 saturated heterocycles. The Morgan fingerprint density at radius 3 is 3.19 bits per heavy atom. The summed E-state index contributed by atoms with van der Waals surface area (Å²) in [4.78, 5) is 0. The number of ether oxygens (including phenoxy) is 2. The highest BCUT2D eigenvalue weighted by atomic mass is 16.5. The molecule has 1 atom stereocenters. The van der Waals surface area contributed by atoms with Crippen molar-refractivity contribution in [2.45, 2.75) is 45.3 Å². The molecule has 0 aliphatic carbocycles. The Hall–Kier alpha value is -1.03. The first kappa shape index (κ1) is 11.5. The van der Waals surface area contributed by atoms with Crippen molar-refractivity contribution in [3.8, 4) is 5.75 Å². The molecule has 0 aromatic carbocycles. The highest BCUT2D eigenvalue weighted by molar-refractivity contribution is 5.11. The zero-order chi connectivity index (χ0) is 11.2. The van der Waals surface area contributed by atoms with E-state index in [-0.39, 0.29) is 0 Å². The van der Waals surface area contributed by atoms with E-state index in [2.05, 4.69) is 12.0 Å². The van der Waals surface area contributed by atoms with E-state index < -0.39 is 0 Å². The molecule has 1 aliphatic rings. The number of aromatic nitrogens is 2. The Bertz CT molecular complexity index is 306. The van der Waals surface area contributed by atoms with Crippen molar-refractivity contribution in [3.05, 3.63) is 12.4 Å². The largest absolute Gasteiger partial charge is 0.490 e. The lowest BCUT2D eigenvalue weighted by Gasteiger charge is -2.22. The Morgan fingerprint density at radius 2 is 2.50 bits per heavy atom. The van der Waals surface area contributed by atoms with Gasteiger partial charge in [0.05, 0.1) is 25.1 Å². The quantitative estimate of drug-likeness (QED) is 0.769. The minimum absolute atomic E-state index is 0.398. The lowest BCUT2D eigenvalue weighted by Crippen LogP contribution is -2.21. The Kier molecular flexibility index (Phi) is 4.22. The standard InChI is InChI=1S/C12H20N2O2/c1-2-14-10-12(9-13-14)16-8-6-11-5-3-4-7-15-11/h9-11H,2-8H2,1H3/t11-/m1/s1. The van der Waals surface area contributed by atoms with Crippen LogP contribution >= 0.6 is 0 Å². The first-order chi connectivity index (χ1) is 7.88. The summed E-state index contributed by atoms with van der Waals surface area (Å²) in [5, 5.41) is 4.16. The third-order valence-electron chi connectivity index (χ3n) is 2.92. The molecule has 1 fully saturated rings. The van der Waals surface area contributed by atoms with Crippen LogP contribution in [-0.4, -0.2) is 29.1 Å². The molecule has 16 heavy (non-hydrogen) atoms. The van der Waals surface area contributed by atoms with E-state index in [1.165, 1.54) is 19.3 Å². The second kappa shape index (κ2) is 5.89. The fraction of sp³-hybridized carbons (Fsp3) is 0.750. The van der Waals surface area contributed by atoms with Crippen LogP contribution in [0.3, 0.4) is 0 Å². The maximum absolute atomic E-state index is 5.64. The molecular formula is C12H20N2O2. The zero-order valence-corrected chi connectivity index (χ0v) is 9.89. The number of nitrogens with zero attached hydrogens (tertiary/aromatic N) is 2. The van der Waals surface area contributed by atoms with Crippen LogP contribution in [0.4, 0.5) is 0 Å². The van der Waals surface area contributed by atoms with E-state index in [0.717, 1.165) is 31.9 Å². The van der Waals surface area contributed by atoms with Gasteiger partial charge in [0.25, 0.3) is 0 Å². The summed E-state index contributed by atoms with van der Waals surface area (Å²) < 4.78 is 13.1. The van der Waals surface area contributed by atoms with Crippen molar-refractivity contribution in [2.75, 3.05) is 13.2 Å². The van der Waals surface area contributed by atoms with Crippen molar-refractivity contribution in [2.24, 2.45) is 0 Å². The molecule has 2 heterocycles. The summed E-state index contributed by atoms with van der Waals surface area (Å²) in [6, 6.07) is 0. The molecule has 1 aromatic rings. The Labute approximate surface area is 96.5 Å². The third kappa shape index (κ3) is 3.23. The molecular weight excluding hydrogens is 204 g/mol. The van der Waals surface area contributed by atoms with E-state index >= 15 is 0 Å². The predicted octanol–water partition coefficient (Wildman–Crippen LogP) is 2.24. The molecule has 0 N–H and O–H groups in total. The molecule has 0 radical (unpaired) electrons. The fourth-order valence-electron chi connectivity index (χ4n) is 1.94. The highest BCUT2D eigenvalue weighted by Gasteiger charge is 2.13. The first-order valence-corrected chi connectivity index (χ1v) is 6.15. The molecule has 1 aliphatic heterocycles. The van der Waals surface area contributed by atoms with Crippen molar-refractivity contribution < 1.29 is 9.47 Å². The molecule has 4 heteroatoms. The van der Waals surface area contributed by atoms with Gasteiger partial charge in [-0.15, -0.1) is 0 Å². The number of hydrogen-bond acceptors (Lipinski definition) is 3. The second-order valence-corrected chi connectivity index (χ2v) is 4.16. The van der Waals surface area contributed by atoms with Crippen molar-refractivity contribution in [3.63, 3.8) is 0 Å². The van der Waals surface area contributed by atoms with Gasteiger partial charge in [0.15, 0.2) is 5.75 Å². The molecule has 0 saturated carbocycles. The zero-order valence-electron chi connectivity index (χ0n) is 9.89. The summed E-state index contributed by atoms with van der Waals surface area (Å²) in [6.07, 6.45) is 8.76. The summed E-state index contributed by atoms with van der Waals surface area (Å²) in [5.74, 6) is 0.859. The van der Waals surface area contributed by atoms with Crippen LogP contribution in [0.1, 0.15) is 32.6 Å². The molecule has 90 valence electrons. The van der Waals surface area contributed by atoms with Crippen LogP contribution in [-0.2, 0) is 11.3 Å². The average molecular weight is 224 g/mol. The van der Waals surface area contributed by atoms with Crippen LogP contribution in [0.25, 0.3) is 0 Å². The van der Waals surface area contributed by atoms with Gasteiger partial charge in [-0.3, -0.25) is 4.68 Å². The van der Waals surface area contributed by atoms with Crippen LogP contribution in [0.15, 0.2) is 12.4 Å². The van der Waals surface area contributed by atoms with E-state index in [4.69, 9.17) is 9.47 Å². The summed E-state index contributed by atoms with van der Waals surface area (Å²) in [7, 11) is 0. The molecule has 0 unspecified atom stereocenters. The SMILES string of the molecule is CCn1cc(OCC[C@H]2CCCCO2)cn1. The number of hydrogen-bond donors (Lipinski definition) is 0. The molecule has 0 amide bonds. The van der Waals surface area contributed by atoms with Gasteiger partial charge < -0.3 is 9.47 Å². The molecule has 2 rings (SSSR count). The van der Waals surface area contributed by atoms with Gasteiger partial charge in [-0.1, -0.05) is 0 Å². The van der Waals surface area contributed by atoms with Gasteiger partial charge >= 0.3 is 0 Å². The summed E-state index contributed by atoms with van der Waals surface area (Å²) in [5.41, 5.74) is 0. The molecule has 0 bridgehead atoms.